The first kappa shape index (κ1) is 30.4. The molecule has 11 atom stereocenters. The first-order valence-electron chi connectivity index (χ1n) is 16.8. The predicted octanol–water partition coefficient (Wildman–Crippen LogP) is 4.89. The van der Waals surface area contributed by atoms with Gasteiger partial charge in [-0.1, -0.05) is 34.6 Å². The van der Waals surface area contributed by atoms with Crippen LogP contribution >= 0.6 is 0 Å². The quantitative estimate of drug-likeness (QED) is 0.432. The first-order chi connectivity index (χ1) is 19.5. The Kier molecular flexibility index (Phi) is 6.79. The molecule has 7 aliphatic rings. The molecule has 42 heavy (non-hydrogen) atoms. The molecule has 7 nitrogen and oxygen atoms in total. The molecule has 7 heteroatoms. The van der Waals surface area contributed by atoms with Gasteiger partial charge in [-0.2, -0.15) is 0 Å². The molecule has 7 fully saturated rings. The van der Waals surface area contributed by atoms with Crippen molar-refractivity contribution in [2.75, 3.05) is 26.7 Å². The number of nitrogens with zero attached hydrogens (tertiary/aromatic N) is 1. The standard InChI is InChI=1S/C35H56NO6/c1-20-17-21(28(37)31(4,5)39)41-27-26(20)32(6)13-14-35-19-34(35)12-11-24(42-25-18-36(8)15-16-40-25)30(2,3)22(34)9-10-23(35)33(32,7)29(27)38/h20,22,24-26,28-29,37-39H,9-19H2,1-8H3/t20-,22+,24?,25+,26+,28+,29+,32-,33-,34-,35+/m1/s1. The molecule has 1 unspecified atom stereocenters. The van der Waals surface area contributed by atoms with Gasteiger partial charge in [0, 0.05) is 24.4 Å². The summed E-state index contributed by atoms with van der Waals surface area (Å²) in [6.07, 6.45) is 8.18. The second-order valence-electron chi connectivity index (χ2n) is 17.2. The summed E-state index contributed by atoms with van der Waals surface area (Å²) in [6, 6.07) is 0. The number of rotatable bonds is 4. The highest BCUT2D eigenvalue weighted by Crippen LogP contribution is 2.90. The Hall–Kier alpha value is -0.280. The number of fused-ring (bicyclic) bond motifs is 4. The summed E-state index contributed by atoms with van der Waals surface area (Å²) in [5.74, 6) is 2.59. The molecule has 0 aromatic heterocycles. The third-order valence-electron chi connectivity index (χ3n) is 14.5. The van der Waals surface area contributed by atoms with E-state index in [0.717, 1.165) is 51.5 Å². The van der Waals surface area contributed by atoms with Crippen molar-refractivity contribution in [2.24, 2.45) is 44.8 Å². The van der Waals surface area contributed by atoms with E-state index in [0.29, 0.717) is 23.9 Å². The van der Waals surface area contributed by atoms with Gasteiger partial charge in [-0.3, -0.25) is 4.90 Å². The van der Waals surface area contributed by atoms with E-state index in [9.17, 15) is 15.3 Å². The van der Waals surface area contributed by atoms with Crippen molar-refractivity contribution >= 4 is 0 Å². The van der Waals surface area contributed by atoms with Crippen LogP contribution in [-0.2, 0) is 14.2 Å². The molecular weight excluding hydrogens is 530 g/mol. The highest BCUT2D eigenvalue weighted by molar-refractivity contribution is 5.44. The fourth-order valence-electron chi connectivity index (χ4n) is 12.2. The molecule has 0 aromatic carbocycles. The smallest absolute Gasteiger partial charge is 0.170 e. The van der Waals surface area contributed by atoms with Gasteiger partial charge in [0.15, 0.2) is 6.29 Å². The van der Waals surface area contributed by atoms with E-state index in [1.807, 2.05) is 0 Å². The topological polar surface area (TPSA) is 91.6 Å². The third kappa shape index (κ3) is 3.77. The van der Waals surface area contributed by atoms with Crippen LogP contribution in [0.1, 0.15) is 99.8 Å². The van der Waals surface area contributed by atoms with Crippen LogP contribution in [0.5, 0.6) is 0 Å². The molecule has 0 amide bonds. The molecule has 0 bridgehead atoms. The van der Waals surface area contributed by atoms with E-state index in [1.165, 1.54) is 19.3 Å². The Labute approximate surface area is 254 Å². The zero-order chi connectivity index (χ0) is 30.3. The Morgan fingerprint density at radius 2 is 1.83 bits per heavy atom. The molecule has 7 rings (SSSR count). The lowest BCUT2D eigenvalue weighted by atomic mass is 9.41. The summed E-state index contributed by atoms with van der Waals surface area (Å²) in [7, 11) is 2.15. The van der Waals surface area contributed by atoms with Crippen LogP contribution < -0.4 is 0 Å². The number of likely N-dealkylation sites (N-methyl/N-ethyl adjacent to an activating group) is 1. The lowest BCUT2D eigenvalue weighted by Crippen LogP contribution is -2.59. The number of aliphatic hydroxyl groups is 3. The minimum atomic E-state index is -1.29. The average molecular weight is 587 g/mol. The largest absolute Gasteiger partial charge is 0.389 e. The molecule has 2 spiro atoms. The van der Waals surface area contributed by atoms with Crippen molar-refractivity contribution in [3.8, 4) is 0 Å². The summed E-state index contributed by atoms with van der Waals surface area (Å²) in [5.41, 5.74) is -1.17. The highest BCUT2D eigenvalue weighted by Gasteiger charge is 2.85. The first-order valence-corrected chi connectivity index (χ1v) is 16.8. The summed E-state index contributed by atoms with van der Waals surface area (Å²) < 4.78 is 19.3. The number of aliphatic hydroxyl groups excluding tert-OH is 2. The fourth-order valence-corrected chi connectivity index (χ4v) is 12.2. The third-order valence-corrected chi connectivity index (χ3v) is 14.5. The Balaban J connectivity index is 1.15. The van der Waals surface area contributed by atoms with E-state index in [1.54, 1.807) is 19.8 Å². The van der Waals surface area contributed by atoms with Gasteiger partial charge in [0.05, 0.1) is 24.4 Å². The molecule has 2 heterocycles. The summed E-state index contributed by atoms with van der Waals surface area (Å²) >= 11 is 0. The summed E-state index contributed by atoms with van der Waals surface area (Å²) in [5, 5.41) is 33.8. The maximum absolute atomic E-state index is 12.3. The minimum Gasteiger partial charge on any atom is -0.389 e. The number of hydrogen-bond acceptors (Lipinski definition) is 7. The van der Waals surface area contributed by atoms with Crippen LogP contribution in [-0.4, -0.2) is 77.2 Å². The van der Waals surface area contributed by atoms with E-state index >= 15 is 0 Å². The predicted molar refractivity (Wildman–Crippen MR) is 159 cm³/mol. The number of hydrogen-bond donors (Lipinski definition) is 3. The zero-order valence-electron chi connectivity index (χ0n) is 27.3. The van der Waals surface area contributed by atoms with Crippen LogP contribution in [0.2, 0.25) is 0 Å². The van der Waals surface area contributed by atoms with Crippen molar-refractivity contribution in [2.45, 2.75) is 130 Å². The van der Waals surface area contributed by atoms with Crippen LogP contribution in [0, 0.1) is 63.0 Å². The second kappa shape index (κ2) is 9.39. The Morgan fingerprint density at radius 3 is 2.52 bits per heavy atom. The van der Waals surface area contributed by atoms with Crippen molar-refractivity contribution < 1.29 is 29.5 Å². The molecule has 2 saturated heterocycles. The van der Waals surface area contributed by atoms with Gasteiger partial charge in [0.2, 0.25) is 0 Å². The number of morpholine rings is 1. The van der Waals surface area contributed by atoms with Crippen LogP contribution in [0.3, 0.4) is 0 Å². The molecule has 3 N–H and O–H groups in total. The van der Waals surface area contributed by atoms with E-state index in [4.69, 9.17) is 14.2 Å². The molecule has 5 aliphatic carbocycles. The van der Waals surface area contributed by atoms with Crippen LogP contribution in [0.25, 0.3) is 0 Å². The number of ether oxygens (including phenoxy) is 3. The van der Waals surface area contributed by atoms with Gasteiger partial charge in [-0.25, -0.2) is 0 Å². The van der Waals surface area contributed by atoms with Gasteiger partial charge >= 0.3 is 0 Å². The van der Waals surface area contributed by atoms with Gasteiger partial charge in [-0.15, -0.1) is 0 Å². The van der Waals surface area contributed by atoms with Crippen molar-refractivity contribution in [3.05, 3.63) is 18.1 Å². The van der Waals surface area contributed by atoms with Crippen molar-refractivity contribution in [1.82, 2.24) is 4.90 Å². The Morgan fingerprint density at radius 1 is 1.10 bits per heavy atom. The van der Waals surface area contributed by atoms with Gasteiger partial charge in [0.1, 0.15) is 18.3 Å². The van der Waals surface area contributed by atoms with Crippen LogP contribution in [0.15, 0.2) is 0 Å². The average Bonchev–Trinajstić information content (AvgIpc) is 3.54. The minimum absolute atomic E-state index is 0.0695. The lowest BCUT2D eigenvalue weighted by molar-refractivity contribution is -0.241. The molecule has 2 aliphatic heterocycles. The van der Waals surface area contributed by atoms with E-state index < -0.39 is 17.8 Å². The van der Waals surface area contributed by atoms with Gasteiger partial charge in [-0.05, 0) is 112 Å². The molecule has 5 saturated carbocycles. The fraction of sp³-hybridized carbons (Fsp3) is 0.914. The second-order valence-corrected chi connectivity index (χ2v) is 17.2. The van der Waals surface area contributed by atoms with Gasteiger partial charge in [0.25, 0.3) is 0 Å². The summed E-state index contributed by atoms with van der Waals surface area (Å²) in [4.78, 5) is 2.31. The zero-order valence-corrected chi connectivity index (χ0v) is 27.3. The summed E-state index contributed by atoms with van der Waals surface area (Å²) in [6.45, 7) is 17.7. The van der Waals surface area contributed by atoms with Gasteiger partial charge < -0.3 is 29.5 Å². The molecule has 0 aromatic rings. The normalized spacial score (nSPS) is 52.1. The maximum atomic E-state index is 12.3. The lowest BCUT2D eigenvalue weighted by Gasteiger charge is -2.63. The van der Waals surface area contributed by atoms with E-state index in [2.05, 4.69) is 46.6 Å². The molecular formula is C35H56NO6. The van der Waals surface area contributed by atoms with Crippen LogP contribution in [0.4, 0.5) is 0 Å². The highest BCUT2D eigenvalue weighted by atomic mass is 16.7. The van der Waals surface area contributed by atoms with E-state index in [-0.39, 0.29) is 45.9 Å². The molecule has 3 radical (unpaired) electrons. The molecule has 237 valence electrons. The van der Waals surface area contributed by atoms with Crippen molar-refractivity contribution in [1.29, 1.82) is 0 Å². The Bertz CT molecular complexity index is 1080. The monoisotopic (exact) mass is 586 g/mol. The maximum Gasteiger partial charge on any atom is 0.170 e. The van der Waals surface area contributed by atoms with Crippen molar-refractivity contribution in [3.63, 3.8) is 0 Å². The SMILES string of the molecule is C[C@@H]1C[C]([C@H](O)C(C)(C)O)O[C]2[C@H]1[C@@]1(C)CC[C@@]34C[C@@]35CCC(O[C@H]3CN(C)CCO3)C(C)(C)[C@@H]5CC[C]4[C@]1(C)[C@H]2O.